The van der Waals surface area contributed by atoms with Crippen molar-refractivity contribution in [2.24, 2.45) is 0 Å². The first-order valence-corrected chi connectivity index (χ1v) is 4.98. The topological polar surface area (TPSA) is 88.5 Å². The third-order valence-corrected chi connectivity index (χ3v) is 1.97. The van der Waals surface area contributed by atoms with Crippen LogP contribution < -0.4 is 11.1 Å². The summed E-state index contributed by atoms with van der Waals surface area (Å²) in [5.41, 5.74) is 5.34. The molecule has 0 saturated heterocycles. The second-order valence-corrected chi connectivity index (χ2v) is 3.24. The monoisotopic (exact) mass is 212 g/mol. The van der Waals surface area contributed by atoms with Gasteiger partial charge in [0.15, 0.2) is 11.6 Å². The maximum atomic E-state index is 11.4. The maximum Gasteiger partial charge on any atom is 0.287 e. The highest BCUT2D eigenvalue weighted by Crippen LogP contribution is 2.08. The highest BCUT2D eigenvalue weighted by Gasteiger charge is 2.08. The Morgan fingerprint density at radius 2 is 2.20 bits per heavy atom. The first-order valence-electron chi connectivity index (χ1n) is 4.98. The number of unbranched alkanes of at least 4 members (excludes halogenated alkanes) is 2. The van der Waals surface area contributed by atoms with Crippen LogP contribution in [0.25, 0.3) is 0 Å². The van der Waals surface area contributed by atoms with Gasteiger partial charge in [-0.1, -0.05) is 0 Å². The summed E-state index contributed by atoms with van der Waals surface area (Å²) in [4.78, 5) is 11.4. The van der Waals surface area contributed by atoms with E-state index in [0.29, 0.717) is 6.54 Å². The summed E-state index contributed by atoms with van der Waals surface area (Å²) in [7, 11) is 0. The highest BCUT2D eigenvalue weighted by atomic mass is 16.4. The van der Waals surface area contributed by atoms with E-state index in [-0.39, 0.29) is 24.2 Å². The molecule has 0 aliphatic carbocycles. The molecule has 0 spiro atoms. The molecule has 1 amide bonds. The zero-order chi connectivity index (χ0) is 11.1. The number of amides is 1. The second kappa shape index (κ2) is 6.08. The molecule has 0 fully saturated rings. The number of hydrogen-bond donors (Lipinski definition) is 3. The van der Waals surface area contributed by atoms with Gasteiger partial charge in [0.1, 0.15) is 0 Å². The van der Waals surface area contributed by atoms with Crippen LogP contribution >= 0.6 is 0 Å². The normalized spacial score (nSPS) is 10.2. The Bertz CT molecular complexity index is 309. The second-order valence-electron chi connectivity index (χ2n) is 3.24. The number of carbonyl (C=O) groups excluding carboxylic acids is 1. The summed E-state index contributed by atoms with van der Waals surface area (Å²) < 4.78 is 4.95. The van der Waals surface area contributed by atoms with Crippen LogP contribution in [0.5, 0.6) is 0 Å². The molecular formula is C10H16N2O3. The SMILES string of the molecule is Nc1ccc(C(=O)NCCCCCO)o1. The van der Waals surface area contributed by atoms with Crippen LogP contribution in [0.2, 0.25) is 0 Å². The van der Waals surface area contributed by atoms with Gasteiger partial charge >= 0.3 is 0 Å². The number of nitrogen functional groups attached to an aromatic ring is 1. The molecule has 15 heavy (non-hydrogen) atoms. The van der Waals surface area contributed by atoms with Crippen LogP contribution in [0, 0.1) is 0 Å². The van der Waals surface area contributed by atoms with Crippen LogP contribution in [-0.4, -0.2) is 24.2 Å². The molecule has 0 atom stereocenters. The lowest BCUT2D eigenvalue weighted by Crippen LogP contribution is -2.23. The number of aliphatic hydroxyl groups excluding tert-OH is 1. The van der Waals surface area contributed by atoms with Gasteiger partial charge in [0.05, 0.1) is 0 Å². The molecule has 0 aromatic carbocycles. The van der Waals surface area contributed by atoms with Gasteiger partial charge in [-0.2, -0.15) is 0 Å². The van der Waals surface area contributed by atoms with Gasteiger partial charge in [-0.25, -0.2) is 0 Å². The van der Waals surface area contributed by atoms with E-state index in [1.54, 1.807) is 12.1 Å². The van der Waals surface area contributed by atoms with Crippen molar-refractivity contribution in [3.8, 4) is 0 Å². The number of anilines is 1. The van der Waals surface area contributed by atoms with Crippen molar-refractivity contribution < 1.29 is 14.3 Å². The molecule has 84 valence electrons. The molecule has 0 radical (unpaired) electrons. The van der Waals surface area contributed by atoms with Crippen molar-refractivity contribution in [3.05, 3.63) is 17.9 Å². The van der Waals surface area contributed by atoms with Crippen LogP contribution in [0.15, 0.2) is 16.5 Å². The molecule has 0 aliphatic rings. The predicted molar refractivity (Wildman–Crippen MR) is 56.4 cm³/mol. The molecule has 1 rings (SSSR count). The number of carbonyl (C=O) groups is 1. The third kappa shape index (κ3) is 4.03. The summed E-state index contributed by atoms with van der Waals surface area (Å²) in [6.07, 6.45) is 2.52. The van der Waals surface area contributed by atoms with Gasteiger partial charge in [0.25, 0.3) is 5.91 Å². The molecule has 5 heteroatoms. The minimum absolute atomic E-state index is 0.197. The van der Waals surface area contributed by atoms with E-state index in [4.69, 9.17) is 15.3 Å². The third-order valence-electron chi connectivity index (χ3n) is 1.97. The molecule has 0 aliphatic heterocycles. The van der Waals surface area contributed by atoms with E-state index >= 15 is 0 Å². The zero-order valence-electron chi connectivity index (χ0n) is 8.53. The van der Waals surface area contributed by atoms with Gasteiger partial charge < -0.3 is 20.6 Å². The van der Waals surface area contributed by atoms with Crippen molar-refractivity contribution in [1.29, 1.82) is 0 Å². The lowest BCUT2D eigenvalue weighted by molar-refractivity contribution is 0.0926. The van der Waals surface area contributed by atoms with Gasteiger partial charge in [0, 0.05) is 19.2 Å². The van der Waals surface area contributed by atoms with Crippen LogP contribution in [0.4, 0.5) is 5.88 Å². The molecule has 1 heterocycles. The van der Waals surface area contributed by atoms with E-state index in [1.807, 2.05) is 0 Å². The minimum atomic E-state index is -0.254. The average Bonchev–Trinajstić information content (AvgIpc) is 2.64. The Morgan fingerprint density at radius 3 is 2.80 bits per heavy atom. The fraction of sp³-hybridized carbons (Fsp3) is 0.500. The Labute approximate surface area is 88.3 Å². The molecule has 5 nitrogen and oxygen atoms in total. The Morgan fingerprint density at radius 1 is 1.40 bits per heavy atom. The molecule has 4 N–H and O–H groups in total. The summed E-state index contributed by atoms with van der Waals surface area (Å²) in [6, 6.07) is 3.08. The zero-order valence-corrected chi connectivity index (χ0v) is 8.53. The Hall–Kier alpha value is -1.49. The smallest absolute Gasteiger partial charge is 0.287 e. The van der Waals surface area contributed by atoms with E-state index in [1.165, 1.54) is 0 Å². The summed E-state index contributed by atoms with van der Waals surface area (Å²) in [5, 5.41) is 11.2. The average molecular weight is 212 g/mol. The number of hydrogen-bond acceptors (Lipinski definition) is 4. The van der Waals surface area contributed by atoms with Crippen LogP contribution in [0.1, 0.15) is 29.8 Å². The van der Waals surface area contributed by atoms with Crippen LogP contribution in [0.3, 0.4) is 0 Å². The van der Waals surface area contributed by atoms with E-state index < -0.39 is 0 Å². The van der Waals surface area contributed by atoms with Crippen molar-refractivity contribution >= 4 is 11.8 Å². The minimum Gasteiger partial charge on any atom is -0.436 e. The Kier molecular flexibility index (Phi) is 4.70. The molecule has 1 aromatic rings. The van der Waals surface area contributed by atoms with Crippen molar-refractivity contribution in [2.75, 3.05) is 18.9 Å². The standard InChI is InChI=1S/C10H16N2O3/c11-9-5-4-8(15-9)10(14)12-6-2-1-3-7-13/h4-5,13H,1-3,6-7,11H2,(H,12,14). The first kappa shape index (κ1) is 11.6. The van der Waals surface area contributed by atoms with Gasteiger partial charge in [-0.15, -0.1) is 0 Å². The Balaban J connectivity index is 2.19. The quantitative estimate of drug-likeness (QED) is 0.607. The lowest BCUT2D eigenvalue weighted by atomic mass is 10.2. The number of furan rings is 1. The molecule has 0 bridgehead atoms. The predicted octanol–water partition coefficient (Wildman–Crippen LogP) is 0.754. The number of nitrogens with one attached hydrogen (secondary N) is 1. The number of rotatable bonds is 6. The highest BCUT2D eigenvalue weighted by molar-refractivity contribution is 5.91. The fourth-order valence-corrected chi connectivity index (χ4v) is 1.18. The van der Waals surface area contributed by atoms with Gasteiger partial charge in [0.2, 0.25) is 0 Å². The van der Waals surface area contributed by atoms with Gasteiger partial charge in [-0.3, -0.25) is 4.79 Å². The van der Waals surface area contributed by atoms with Crippen molar-refractivity contribution in [2.45, 2.75) is 19.3 Å². The molecule has 0 unspecified atom stereocenters. The van der Waals surface area contributed by atoms with Crippen LogP contribution in [-0.2, 0) is 0 Å². The number of nitrogens with two attached hydrogens (primary N) is 1. The van der Waals surface area contributed by atoms with E-state index in [0.717, 1.165) is 19.3 Å². The van der Waals surface area contributed by atoms with E-state index in [2.05, 4.69) is 5.32 Å². The first-order chi connectivity index (χ1) is 7.24. The summed E-state index contributed by atoms with van der Waals surface area (Å²) >= 11 is 0. The summed E-state index contributed by atoms with van der Waals surface area (Å²) in [5.74, 6) is 0.214. The fourth-order valence-electron chi connectivity index (χ4n) is 1.18. The molecule has 1 aromatic heterocycles. The van der Waals surface area contributed by atoms with Crippen molar-refractivity contribution in [1.82, 2.24) is 5.32 Å². The lowest BCUT2D eigenvalue weighted by Gasteiger charge is -2.01. The largest absolute Gasteiger partial charge is 0.436 e. The van der Waals surface area contributed by atoms with Gasteiger partial charge in [-0.05, 0) is 25.3 Å². The molecular weight excluding hydrogens is 196 g/mol. The van der Waals surface area contributed by atoms with Crippen molar-refractivity contribution in [3.63, 3.8) is 0 Å². The summed E-state index contributed by atoms with van der Waals surface area (Å²) in [6.45, 7) is 0.780. The van der Waals surface area contributed by atoms with E-state index in [9.17, 15) is 4.79 Å². The molecule has 0 saturated carbocycles. The number of aliphatic hydroxyl groups is 1. The maximum absolute atomic E-state index is 11.4.